The summed E-state index contributed by atoms with van der Waals surface area (Å²) in [4.78, 5) is 42.7. The van der Waals surface area contributed by atoms with E-state index in [2.05, 4.69) is 23.6 Å². The molecular formula is C31H53N3O4. The smallest absolute Gasteiger partial charge is 0.408 e. The van der Waals surface area contributed by atoms with E-state index in [4.69, 9.17) is 4.74 Å². The molecule has 1 aromatic carbocycles. The van der Waals surface area contributed by atoms with Crippen molar-refractivity contribution in [3.05, 3.63) is 34.9 Å². The van der Waals surface area contributed by atoms with E-state index in [1.54, 1.807) is 25.7 Å². The van der Waals surface area contributed by atoms with Crippen molar-refractivity contribution in [1.29, 1.82) is 0 Å². The third-order valence-electron chi connectivity index (χ3n) is 6.30. The van der Waals surface area contributed by atoms with Gasteiger partial charge in [-0.1, -0.05) is 75.8 Å². The second kappa shape index (κ2) is 14.5. The van der Waals surface area contributed by atoms with Crippen LogP contribution in [0.4, 0.5) is 4.79 Å². The predicted molar refractivity (Wildman–Crippen MR) is 155 cm³/mol. The number of nitrogens with zero attached hydrogens (tertiary/aromatic N) is 1. The summed E-state index contributed by atoms with van der Waals surface area (Å²) < 4.78 is 5.50. The Kier molecular flexibility index (Phi) is 12.8. The first-order chi connectivity index (χ1) is 17.5. The average molecular weight is 532 g/mol. The van der Waals surface area contributed by atoms with Crippen LogP contribution in [0.5, 0.6) is 0 Å². The average Bonchev–Trinajstić information content (AvgIpc) is 2.75. The number of amides is 3. The van der Waals surface area contributed by atoms with E-state index in [0.717, 1.165) is 42.4 Å². The Bertz CT molecular complexity index is 910. The molecule has 38 heavy (non-hydrogen) atoms. The van der Waals surface area contributed by atoms with Crippen molar-refractivity contribution in [2.75, 3.05) is 6.54 Å². The van der Waals surface area contributed by atoms with Crippen LogP contribution in [-0.4, -0.2) is 46.5 Å². The third kappa shape index (κ3) is 11.4. The van der Waals surface area contributed by atoms with Crippen molar-refractivity contribution >= 4 is 17.9 Å². The first-order valence-electron chi connectivity index (χ1n) is 14.2. The van der Waals surface area contributed by atoms with Gasteiger partial charge in [0.2, 0.25) is 11.8 Å². The molecule has 3 unspecified atom stereocenters. The molecule has 0 fully saturated rings. The van der Waals surface area contributed by atoms with E-state index in [0.29, 0.717) is 13.0 Å². The van der Waals surface area contributed by atoms with Gasteiger partial charge < -0.3 is 20.3 Å². The maximum Gasteiger partial charge on any atom is 0.408 e. The monoisotopic (exact) mass is 531 g/mol. The van der Waals surface area contributed by atoms with Crippen LogP contribution in [-0.2, 0) is 14.3 Å². The van der Waals surface area contributed by atoms with E-state index in [9.17, 15) is 14.4 Å². The summed E-state index contributed by atoms with van der Waals surface area (Å²) in [6, 6.07) is 4.37. The number of benzene rings is 1. The number of alkyl carbamates (subject to hydrolysis) is 1. The molecule has 0 bridgehead atoms. The lowest BCUT2D eigenvalue weighted by molar-refractivity contribution is -0.144. The molecule has 0 aromatic heterocycles. The summed E-state index contributed by atoms with van der Waals surface area (Å²) >= 11 is 0. The maximum absolute atomic E-state index is 14.3. The van der Waals surface area contributed by atoms with Crippen LogP contribution in [0.3, 0.4) is 0 Å². The fraction of sp³-hybridized carbons (Fsp3) is 0.710. The normalized spacial score (nSPS) is 14.3. The largest absolute Gasteiger partial charge is 0.444 e. The number of hydrogen-bond donors (Lipinski definition) is 2. The van der Waals surface area contributed by atoms with E-state index < -0.39 is 29.3 Å². The van der Waals surface area contributed by atoms with Gasteiger partial charge in [-0.15, -0.1) is 0 Å². The highest BCUT2D eigenvalue weighted by Gasteiger charge is 2.38. The van der Waals surface area contributed by atoms with E-state index >= 15 is 0 Å². The number of carbonyl (C=O) groups is 3. The van der Waals surface area contributed by atoms with Crippen LogP contribution in [0.2, 0.25) is 0 Å². The summed E-state index contributed by atoms with van der Waals surface area (Å²) in [5.74, 6) is -0.653. The van der Waals surface area contributed by atoms with Gasteiger partial charge in [0.15, 0.2) is 0 Å². The summed E-state index contributed by atoms with van der Waals surface area (Å²) in [5.41, 5.74) is 1.65. The van der Waals surface area contributed by atoms with Crippen molar-refractivity contribution in [2.24, 2.45) is 5.92 Å². The lowest BCUT2D eigenvalue weighted by Crippen LogP contribution is -2.56. The fourth-order valence-electron chi connectivity index (χ4n) is 4.45. The minimum absolute atomic E-state index is 0.154. The Labute approximate surface area is 231 Å². The van der Waals surface area contributed by atoms with Crippen LogP contribution in [0.25, 0.3) is 0 Å². The highest BCUT2D eigenvalue weighted by atomic mass is 16.6. The van der Waals surface area contributed by atoms with Crippen molar-refractivity contribution in [2.45, 2.75) is 131 Å². The van der Waals surface area contributed by atoms with Gasteiger partial charge in [0, 0.05) is 12.1 Å². The molecule has 0 aliphatic rings. The zero-order valence-corrected chi connectivity index (χ0v) is 25.8. The van der Waals surface area contributed by atoms with Gasteiger partial charge in [0.05, 0.1) is 0 Å². The van der Waals surface area contributed by atoms with Crippen LogP contribution < -0.4 is 10.6 Å². The van der Waals surface area contributed by atoms with Crippen molar-refractivity contribution in [3.63, 3.8) is 0 Å². The Morgan fingerprint density at radius 2 is 1.50 bits per heavy atom. The van der Waals surface area contributed by atoms with Gasteiger partial charge in [0.25, 0.3) is 0 Å². The van der Waals surface area contributed by atoms with E-state index in [1.807, 2.05) is 60.6 Å². The van der Waals surface area contributed by atoms with Crippen molar-refractivity contribution < 1.29 is 19.1 Å². The fourth-order valence-corrected chi connectivity index (χ4v) is 4.45. The molecule has 0 saturated carbocycles. The lowest BCUT2D eigenvalue weighted by Gasteiger charge is -2.37. The summed E-state index contributed by atoms with van der Waals surface area (Å²) in [5, 5.41) is 5.94. The van der Waals surface area contributed by atoms with Crippen LogP contribution >= 0.6 is 0 Å². The topological polar surface area (TPSA) is 87.7 Å². The molecule has 7 heteroatoms. The van der Waals surface area contributed by atoms with Crippen LogP contribution in [0.15, 0.2) is 18.2 Å². The minimum atomic E-state index is -0.825. The molecule has 3 amide bonds. The highest BCUT2D eigenvalue weighted by molar-refractivity contribution is 5.92. The van der Waals surface area contributed by atoms with Crippen molar-refractivity contribution in [3.8, 4) is 0 Å². The van der Waals surface area contributed by atoms with E-state index in [-0.39, 0.29) is 17.7 Å². The Morgan fingerprint density at radius 3 is 1.97 bits per heavy atom. The third-order valence-corrected chi connectivity index (χ3v) is 6.30. The molecule has 2 N–H and O–H groups in total. The van der Waals surface area contributed by atoms with Gasteiger partial charge >= 0.3 is 6.09 Å². The number of hydrogen-bond acceptors (Lipinski definition) is 4. The molecule has 0 radical (unpaired) electrons. The zero-order chi connectivity index (χ0) is 29.3. The summed E-state index contributed by atoms with van der Waals surface area (Å²) in [6.07, 6.45) is 3.88. The molecule has 7 nitrogen and oxygen atoms in total. The molecule has 216 valence electrons. The van der Waals surface area contributed by atoms with Gasteiger partial charge in [-0.25, -0.2) is 4.79 Å². The van der Waals surface area contributed by atoms with Gasteiger partial charge in [-0.2, -0.15) is 0 Å². The molecular weight excluding hydrogens is 478 g/mol. The SMILES string of the molecule is CCCCCCN(C(=O)C(NC(=O)OC(C)(C)C)C(C)CC)C(C(=O)NC(C)(C)C)c1cc(C)cc(C)c1. The molecule has 3 atom stereocenters. The molecule has 0 spiro atoms. The van der Waals surface area contributed by atoms with Crippen LogP contribution in [0.1, 0.15) is 117 Å². The number of aryl methyl sites for hydroxylation is 2. The first-order valence-corrected chi connectivity index (χ1v) is 14.2. The molecule has 0 aliphatic heterocycles. The Hall–Kier alpha value is -2.57. The number of nitrogens with one attached hydrogen (secondary N) is 2. The second-order valence-electron chi connectivity index (χ2n) is 12.7. The number of carbonyl (C=O) groups excluding carboxylic acids is 3. The first kappa shape index (κ1) is 33.5. The van der Waals surface area contributed by atoms with E-state index in [1.165, 1.54) is 0 Å². The Morgan fingerprint density at radius 1 is 0.921 bits per heavy atom. The van der Waals surface area contributed by atoms with Gasteiger partial charge in [-0.3, -0.25) is 9.59 Å². The molecule has 1 rings (SSSR count). The molecule has 0 heterocycles. The summed E-state index contributed by atoms with van der Waals surface area (Å²) in [7, 11) is 0. The zero-order valence-electron chi connectivity index (χ0n) is 25.8. The lowest BCUT2D eigenvalue weighted by atomic mass is 9.94. The van der Waals surface area contributed by atoms with Gasteiger partial charge in [-0.05, 0) is 73.3 Å². The highest BCUT2D eigenvalue weighted by Crippen LogP contribution is 2.28. The molecule has 0 aliphatic carbocycles. The van der Waals surface area contributed by atoms with Crippen molar-refractivity contribution in [1.82, 2.24) is 15.5 Å². The Balaban J connectivity index is 3.62. The number of ether oxygens (including phenoxy) is 1. The number of unbranched alkanes of at least 4 members (excludes halogenated alkanes) is 3. The molecule has 0 saturated heterocycles. The summed E-state index contributed by atoms with van der Waals surface area (Å²) in [6.45, 7) is 21.6. The van der Waals surface area contributed by atoms with Crippen LogP contribution in [0, 0.1) is 19.8 Å². The second-order valence-corrected chi connectivity index (χ2v) is 12.7. The maximum atomic E-state index is 14.3. The standard InChI is InChI=1S/C31H53N3O4/c1-12-14-15-16-17-34(28(36)25(23(5)13-2)32-29(37)38-31(9,10)11)26(27(35)33-30(6,7)8)24-19-21(3)18-22(4)20-24/h18-20,23,25-26H,12-17H2,1-11H3,(H,32,37)(H,33,35). The quantitative estimate of drug-likeness (QED) is 0.297. The number of rotatable bonds is 12. The molecule has 1 aromatic rings. The minimum Gasteiger partial charge on any atom is -0.444 e. The predicted octanol–water partition coefficient (Wildman–Crippen LogP) is 6.61. The van der Waals surface area contributed by atoms with Gasteiger partial charge in [0.1, 0.15) is 17.7 Å².